The Hall–Kier alpha value is -1.02. The molecule has 0 aliphatic carbocycles. The van der Waals surface area contributed by atoms with E-state index in [2.05, 4.69) is 25.9 Å². The molecule has 2 atom stereocenters. The molecule has 3 nitrogen and oxygen atoms in total. The minimum Gasteiger partial charge on any atom is -0.357 e. The summed E-state index contributed by atoms with van der Waals surface area (Å²) in [7, 11) is 0. The molecule has 1 aliphatic heterocycles. The largest absolute Gasteiger partial charge is 0.422 e. The van der Waals surface area contributed by atoms with Gasteiger partial charge in [0.05, 0.1) is 6.61 Å². The molecule has 0 saturated carbocycles. The predicted octanol–water partition coefficient (Wildman–Crippen LogP) is 3.62. The molecule has 0 bridgehead atoms. The van der Waals surface area contributed by atoms with Gasteiger partial charge in [-0.2, -0.15) is 13.2 Å². The highest BCUT2D eigenvalue weighted by atomic mass is 79.9. The van der Waals surface area contributed by atoms with Gasteiger partial charge in [0.1, 0.15) is 21.7 Å². The Kier molecular flexibility index (Phi) is 3.66. The molecule has 1 aromatic rings. The zero-order valence-electron chi connectivity index (χ0n) is 10.6. The van der Waals surface area contributed by atoms with E-state index in [4.69, 9.17) is 4.74 Å². The van der Waals surface area contributed by atoms with Crippen molar-refractivity contribution in [3.8, 4) is 0 Å². The number of hydrogen-bond donors (Lipinski definition) is 0. The molecule has 1 aromatic heterocycles. The fourth-order valence-corrected chi connectivity index (χ4v) is 2.02. The van der Waals surface area contributed by atoms with Gasteiger partial charge >= 0.3 is 6.18 Å². The van der Waals surface area contributed by atoms with Gasteiger partial charge in [-0.1, -0.05) is 0 Å². The van der Waals surface area contributed by atoms with Gasteiger partial charge in [-0.25, -0.2) is 9.37 Å². The number of halogens is 5. The molecule has 0 amide bonds. The monoisotopic (exact) mass is 354 g/mol. The molecule has 2 rings (SSSR count). The van der Waals surface area contributed by atoms with E-state index in [0.717, 1.165) is 6.92 Å². The van der Waals surface area contributed by atoms with Crippen molar-refractivity contribution in [2.75, 3.05) is 6.61 Å². The van der Waals surface area contributed by atoms with Crippen molar-refractivity contribution in [2.45, 2.75) is 31.2 Å². The number of aliphatic imine (C=N–C) groups is 1. The summed E-state index contributed by atoms with van der Waals surface area (Å²) in [4.78, 5) is 7.80. The molecule has 0 saturated heterocycles. The minimum absolute atomic E-state index is 0.0626. The Balaban J connectivity index is 2.40. The fraction of sp³-hybridized carbons (Fsp3) is 0.500. The molecule has 0 fully saturated rings. The van der Waals surface area contributed by atoms with Crippen LogP contribution in [0.2, 0.25) is 0 Å². The second-order valence-electron chi connectivity index (χ2n) is 4.89. The van der Waals surface area contributed by atoms with Crippen molar-refractivity contribution in [1.29, 1.82) is 0 Å². The average Bonchev–Trinajstić information content (AvgIpc) is 2.35. The van der Waals surface area contributed by atoms with Crippen LogP contribution in [0.5, 0.6) is 0 Å². The number of pyridine rings is 1. The van der Waals surface area contributed by atoms with Crippen LogP contribution in [-0.4, -0.2) is 29.6 Å². The zero-order valence-corrected chi connectivity index (χ0v) is 12.2. The minimum atomic E-state index is -4.58. The van der Waals surface area contributed by atoms with Gasteiger partial charge in [-0.3, -0.25) is 4.99 Å². The van der Waals surface area contributed by atoms with Crippen LogP contribution in [0, 0.1) is 5.82 Å². The highest BCUT2D eigenvalue weighted by Gasteiger charge is 2.55. The fourth-order valence-electron chi connectivity index (χ4n) is 1.71. The van der Waals surface area contributed by atoms with Crippen molar-refractivity contribution in [3.63, 3.8) is 0 Å². The van der Waals surface area contributed by atoms with Crippen LogP contribution in [-0.2, 0) is 10.3 Å². The molecular weight excluding hydrogens is 344 g/mol. The maximum atomic E-state index is 13.8. The van der Waals surface area contributed by atoms with Gasteiger partial charge in [-0.15, -0.1) is 0 Å². The van der Waals surface area contributed by atoms with Gasteiger partial charge in [-0.05, 0) is 41.9 Å². The second kappa shape index (κ2) is 4.77. The summed E-state index contributed by atoms with van der Waals surface area (Å²) in [5, 5.41) is 0. The summed E-state index contributed by atoms with van der Waals surface area (Å²) < 4.78 is 57.5. The normalized spacial score (nSPS) is 30.6. The molecule has 8 heteroatoms. The van der Waals surface area contributed by atoms with Crippen LogP contribution in [0.25, 0.3) is 0 Å². The third-order valence-electron chi connectivity index (χ3n) is 3.13. The van der Waals surface area contributed by atoms with Crippen molar-refractivity contribution in [3.05, 3.63) is 28.2 Å². The van der Waals surface area contributed by atoms with E-state index in [1.54, 1.807) is 0 Å². The highest BCUT2D eigenvalue weighted by molar-refractivity contribution is 9.10. The number of nitrogens with zero attached hydrogens (tertiary/aromatic N) is 2. The van der Waals surface area contributed by atoms with Crippen LogP contribution in [0.15, 0.2) is 21.7 Å². The van der Waals surface area contributed by atoms with Crippen LogP contribution in [0.4, 0.5) is 17.6 Å². The van der Waals surface area contributed by atoms with E-state index in [9.17, 15) is 17.6 Å². The summed E-state index contributed by atoms with van der Waals surface area (Å²) in [6.45, 7) is 1.93. The molecule has 2 heterocycles. The molecule has 20 heavy (non-hydrogen) atoms. The molecule has 0 spiro atoms. The lowest BCUT2D eigenvalue weighted by Gasteiger charge is -2.37. The first-order chi connectivity index (χ1) is 9.07. The molecule has 1 aliphatic rings. The molecule has 110 valence electrons. The molecule has 0 radical (unpaired) electrons. The number of hydrogen-bond acceptors (Lipinski definition) is 3. The SMILES string of the molecule is C[C@]1(c2nc(Br)ccc2F)CO[C@@](C)(C(F)(F)F)C=N1. The van der Waals surface area contributed by atoms with Gasteiger partial charge in [0, 0.05) is 6.21 Å². The van der Waals surface area contributed by atoms with E-state index in [-0.39, 0.29) is 5.69 Å². The Bertz CT molecular complexity index is 563. The number of aromatic nitrogens is 1. The smallest absolute Gasteiger partial charge is 0.357 e. The van der Waals surface area contributed by atoms with Crippen LogP contribution in [0.3, 0.4) is 0 Å². The van der Waals surface area contributed by atoms with Gasteiger partial charge in [0.2, 0.25) is 0 Å². The Morgan fingerprint density at radius 2 is 1.95 bits per heavy atom. The third-order valence-corrected chi connectivity index (χ3v) is 3.58. The maximum Gasteiger partial charge on any atom is 0.422 e. The van der Waals surface area contributed by atoms with Gasteiger partial charge in [0.15, 0.2) is 5.60 Å². The first kappa shape index (κ1) is 15.4. The highest BCUT2D eigenvalue weighted by Crippen LogP contribution is 2.39. The van der Waals surface area contributed by atoms with E-state index < -0.39 is 29.7 Å². The Morgan fingerprint density at radius 1 is 1.30 bits per heavy atom. The molecular formula is C12H11BrF4N2O. The van der Waals surface area contributed by atoms with Crippen molar-refractivity contribution >= 4 is 22.1 Å². The van der Waals surface area contributed by atoms with Gasteiger partial charge in [0.25, 0.3) is 0 Å². The Morgan fingerprint density at radius 3 is 2.45 bits per heavy atom. The van der Waals surface area contributed by atoms with Crippen molar-refractivity contribution < 1.29 is 22.3 Å². The van der Waals surface area contributed by atoms with E-state index in [0.29, 0.717) is 10.8 Å². The van der Waals surface area contributed by atoms with Crippen LogP contribution < -0.4 is 0 Å². The first-order valence-corrected chi connectivity index (χ1v) is 6.46. The van der Waals surface area contributed by atoms with Crippen molar-refractivity contribution in [1.82, 2.24) is 4.98 Å². The quantitative estimate of drug-likeness (QED) is 0.570. The summed E-state index contributed by atoms with van der Waals surface area (Å²) in [6, 6.07) is 2.57. The number of alkyl halides is 3. The number of rotatable bonds is 1. The molecule has 0 unspecified atom stereocenters. The lowest BCUT2D eigenvalue weighted by Crippen LogP contribution is -2.52. The third kappa shape index (κ3) is 2.58. The van der Waals surface area contributed by atoms with Crippen LogP contribution in [0.1, 0.15) is 19.5 Å². The first-order valence-electron chi connectivity index (χ1n) is 5.67. The summed E-state index contributed by atoms with van der Waals surface area (Å²) in [5.74, 6) is -0.646. The van der Waals surface area contributed by atoms with Crippen molar-refractivity contribution in [2.24, 2.45) is 4.99 Å². The molecule has 0 N–H and O–H groups in total. The topological polar surface area (TPSA) is 34.5 Å². The lowest BCUT2D eigenvalue weighted by atomic mass is 9.95. The summed E-state index contributed by atoms with van der Waals surface area (Å²) in [6.07, 6.45) is -3.92. The van der Waals surface area contributed by atoms with Crippen LogP contribution >= 0.6 is 15.9 Å². The Labute approximate surface area is 121 Å². The predicted molar refractivity (Wildman–Crippen MR) is 68.2 cm³/mol. The second-order valence-corrected chi connectivity index (χ2v) is 5.70. The van der Waals surface area contributed by atoms with E-state index in [1.165, 1.54) is 19.1 Å². The average molecular weight is 355 g/mol. The number of ether oxygens (including phenoxy) is 1. The zero-order chi connectivity index (χ0) is 15.2. The summed E-state index contributed by atoms with van der Waals surface area (Å²) in [5.41, 5.74) is -3.82. The van der Waals surface area contributed by atoms with E-state index in [1.807, 2.05) is 0 Å². The lowest BCUT2D eigenvalue weighted by molar-refractivity contribution is -0.247. The van der Waals surface area contributed by atoms with Gasteiger partial charge < -0.3 is 4.74 Å². The maximum absolute atomic E-state index is 13.8. The molecule has 0 aromatic carbocycles. The standard InChI is InChI=1S/C12H11BrF4N2O/c1-10(9-7(14)3-4-8(13)19-9)6-20-11(2,5-18-10)12(15,16)17/h3-5H,6H2,1-2H3/t10-,11-/m1/s1. The summed E-state index contributed by atoms with van der Waals surface area (Å²) >= 11 is 3.09. The van der Waals surface area contributed by atoms with E-state index >= 15 is 0 Å².